The lowest BCUT2D eigenvalue weighted by molar-refractivity contribution is 0.509. The molecule has 2 nitrogen and oxygen atoms in total. The summed E-state index contributed by atoms with van der Waals surface area (Å²) in [5.74, 6) is -1.80. The first-order valence-corrected chi connectivity index (χ1v) is 4.55. The second-order valence-electron chi connectivity index (χ2n) is 3.31. The molecule has 0 aliphatic rings. The molecule has 0 saturated carbocycles. The maximum absolute atomic E-state index is 12.8. The van der Waals surface area contributed by atoms with Crippen molar-refractivity contribution in [1.29, 1.82) is 0 Å². The maximum atomic E-state index is 12.8. The van der Waals surface area contributed by atoms with Gasteiger partial charge < -0.3 is 11.1 Å². The van der Waals surface area contributed by atoms with Crippen LogP contribution in [0.4, 0.5) is 20.2 Å². The number of halogens is 2. The molecule has 1 rings (SSSR count). The molecular weight excluding hydrogens is 186 g/mol. The summed E-state index contributed by atoms with van der Waals surface area (Å²) in [5.41, 5.74) is 6.19. The summed E-state index contributed by atoms with van der Waals surface area (Å²) in [6.45, 7) is 3.94. The van der Waals surface area contributed by atoms with E-state index < -0.39 is 11.6 Å². The van der Waals surface area contributed by atoms with Crippen LogP contribution >= 0.6 is 0 Å². The molecule has 1 atom stereocenters. The number of anilines is 2. The quantitative estimate of drug-likeness (QED) is 0.736. The summed E-state index contributed by atoms with van der Waals surface area (Å²) in [6, 6.07) is 2.25. The fourth-order valence-electron chi connectivity index (χ4n) is 1.05. The van der Waals surface area contributed by atoms with E-state index in [1.807, 2.05) is 13.8 Å². The smallest absolute Gasteiger partial charge is 0.161 e. The van der Waals surface area contributed by atoms with Gasteiger partial charge in [-0.15, -0.1) is 0 Å². The number of benzene rings is 1. The van der Waals surface area contributed by atoms with Gasteiger partial charge in [0.2, 0.25) is 0 Å². The molecule has 78 valence electrons. The molecular formula is C10H14F2N2. The van der Waals surface area contributed by atoms with Gasteiger partial charge >= 0.3 is 0 Å². The summed E-state index contributed by atoms with van der Waals surface area (Å²) >= 11 is 0. The average Bonchev–Trinajstić information content (AvgIpc) is 2.14. The first-order chi connectivity index (χ1) is 6.54. The summed E-state index contributed by atoms with van der Waals surface area (Å²) in [4.78, 5) is 0. The topological polar surface area (TPSA) is 38.0 Å². The summed E-state index contributed by atoms with van der Waals surface area (Å²) < 4.78 is 25.5. The lowest BCUT2D eigenvalue weighted by Crippen LogP contribution is -2.15. The number of hydrogen-bond donors (Lipinski definition) is 2. The number of hydrogen-bond acceptors (Lipinski definition) is 2. The van der Waals surface area contributed by atoms with Crippen molar-refractivity contribution in [3.63, 3.8) is 0 Å². The van der Waals surface area contributed by atoms with Gasteiger partial charge in [0.1, 0.15) is 0 Å². The van der Waals surface area contributed by atoms with Crippen molar-refractivity contribution in [1.82, 2.24) is 0 Å². The molecule has 0 spiro atoms. The molecule has 1 aromatic carbocycles. The van der Waals surface area contributed by atoms with Crippen LogP contribution in [0.1, 0.15) is 20.3 Å². The lowest BCUT2D eigenvalue weighted by atomic mass is 10.2. The Morgan fingerprint density at radius 3 is 2.50 bits per heavy atom. The Bertz CT molecular complexity index is 326. The Morgan fingerprint density at radius 2 is 1.93 bits per heavy atom. The number of nitrogen functional groups attached to an aromatic ring is 1. The summed E-state index contributed by atoms with van der Waals surface area (Å²) in [5, 5.41) is 3.00. The van der Waals surface area contributed by atoms with Crippen LogP contribution in [0, 0.1) is 11.6 Å². The van der Waals surface area contributed by atoms with Crippen LogP contribution in [0.5, 0.6) is 0 Å². The molecule has 0 amide bonds. The molecule has 4 heteroatoms. The van der Waals surface area contributed by atoms with Crippen molar-refractivity contribution >= 4 is 11.4 Å². The Kier molecular flexibility index (Phi) is 3.28. The van der Waals surface area contributed by atoms with Gasteiger partial charge in [-0.2, -0.15) is 0 Å². The van der Waals surface area contributed by atoms with Crippen molar-refractivity contribution in [2.75, 3.05) is 11.1 Å². The van der Waals surface area contributed by atoms with Gasteiger partial charge in [0.25, 0.3) is 0 Å². The van der Waals surface area contributed by atoms with Crippen molar-refractivity contribution in [3.8, 4) is 0 Å². The monoisotopic (exact) mass is 200 g/mol. The van der Waals surface area contributed by atoms with Crippen molar-refractivity contribution in [3.05, 3.63) is 23.8 Å². The highest BCUT2D eigenvalue weighted by Crippen LogP contribution is 2.22. The Morgan fingerprint density at radius 1 is 1.36 bits per heavy atom. The fourth-order valence-corrected chi connectivity index (χ4v) is 1.05. The first-order valence-electron chi connectivity index (χ1n) is 4.55. The standard InChI is InChI=1S/C10H14F2N2/c1-3-6(2)14-10-5-8(12)7(11)4-9(10)13/h4-6,14H,3,13H2,1-2H3. The van der Waals surface area contributed by atoms with E-state index >= 15 is 0 Å². The van der Waals surface area contributed by atoms with Crippen LogP contribution < -0.4 is 11.1 Å². The predicted octanol–water partition coefficient (Wildman–Crippen LogP) is 2.76. The van der Waals surface area contributed by atoms with Crippen molar-refractivity contribution in [2.24, 2.45) is 0 Å². The van der Waals surface area contributed by atoms with E-state index in [9.17, 15) is 8.78 Å². The molecule has 0 aliphatic heterocycles. The molecule has 0 radical (unpaired) electrons. The molecule has 1 unspecified atom stereocenters. The Balaban J connectivity index is 2.92. The second kappa shape index (κ2) is 4.26. The molecule has 0 aromatic heterocycles. The molecule has 0 saturated heterocycles. The molecule has 3 N–H and O–H groups in total. The predicted molar refractivity (Wildman–Crippen MR) is 54.1 cm³/mol. The van der Waals surface area contributed by atoms with Crippen LogP contribution in [0.25, 0.3) is 0 Å². The highest BCUT2D eigenvalue weighted by atomic mass is 19.2. The fraction of sp³-hybridized carbons (Fsp3) is 0.400. The second-order valence-corrected chi connectivity index (χ2v) is 3.31. The van der Waals surface area contributed by atoms with E-state index in [-0.39, 0.29) is 11.7 Å². The van der Waals surface area contributed by atoms with Gasteiger partial charge in [-0.05, 0) is 13.3 Å². The van der Waals surface area contributed by atoms with Gasteiger partial charge in [0.15, 0.2) is 11.6 Å². The molecule has 1 aromatic rings. The van der Waals surface area contributed by atoms with Crippen LogP contribution in [0.15, 0.2) is 12.1 Å². The number of rotatable bonds is 3. The van der Waals surface area contributed by atoms with Crippen LogP contribution in [0.2, 0.25) is 0 Å². The van der Waals surface area contributed by atoms with Gasteiger partial charge in [0, 0.05) is 18.2 Å². The highest BCUT2D eigenvalue weighted by molar-refractivity contribution is 5.66. The normalized spacial score (nSPS) is 12.6. The summed E-state index contributed by atoms with van der Waals surface area (Å²) in [6.07, 6.45) is 0.887. The Hall–Kier alpha value is -1.32. The van der Waals surface area contributed by atoms with Crippen molar-refractivity contribution < 1.29 is 8.78 Å². The molecule has 0 heterocycles. The first kappa shape index (κ1) is 10.8. The zero-order chi connectivity index (χ0) is 10.7. The zero-order valence-corrected chi connectivity index (χ0v) is 8.27. The van der Waals surface area contributed by atoms with Gasteiger partial charge in [-0.3, -0.25) is 0 Å². The third kappa shape index (κ3) is 2.34. The van der Waals surface area contributed by atoms with Crippen LogP contribution in [0.3, 0.4) is 0 Å². The third-order valence-corrected chi connectivity index (χ3v) is 2.11. The summed E-state index contributed by atoms with van der Waals surface area (Å²) in [7, 11) is 0. The van der Waals surface area contributed by atoms with Crippen LogP contribution in [-0.4, -0.2) is 6.04 Å². The highest BCUT2D eigenvalue weighted by Gasteiger charge is 2.08. The SMILES string of the molecule is CCC(C)Nc1cc(F)c(F)cc1N. The Labute approximate surface area is 82.1 Å². The van der Waals surface area contributed by atoms with Gasteiger partial charge in [-0.25, -0.2) is 8.78 Å². The minimum atomic E-state index is -0.919. The van der Waals surface area contributed by atoms with Gasteiger partial charge in [-0.1, -0.05) is 6.92 Å². The minimum absolute atomic E-state index is 0.183. The van der Waals surface area contributed by atoms with E-state index in [1.54, 1.807) is 0 Å². The third-order valence-electron chi connectivity index (χ3n) is 2.11. The van der Waals surface area contributed by atoms with Gasteiger partial charge in [0.05, 0.1) is 11.4 Å². The van der Waals surface area contributed by atoms with E-state index in [0.717, 1.165) is 18.6 Å². The molecule has 0 bridgehead atoms. The number of nitrogens with two attached hydrogens (primary N) is 1. The lowest BCUT2D eigenvalue weighted by Gasteiger charge is -2.15. The molecule has 0 fully saturated rings. The van der Waals surface area contributed by atoms with E-state index in [4.69, 9.17) is 5.73 Å². The molecule has 14 heavy (non-hydrogen) atoms. The van der Waals surface area contributed by atoms with Crippen LogP contribution in [-0.2, 0) is 0 Å². The van der Waals surface area contributed by atoms with E-state index in [0.29, 0.717) is 5.69 Å². The van der Waals surface area contributed by atoms with E-state index in [2.05, 4.69) is 5.32 Å². The van der Waals surface area contributed by atoms with Crippen molar-refractivity contribution in [2.45, 2.75) is 26.3 Å². The zero-order valence-electron chi connectivity index (χ0n) is 8.27. The molecule has 0 aliphatic carbocycles. The average molecular weight is 200 g/mol. The van der Waals surface area contributed by atoms with E-state index in [1.165, 1.54) is 0 Å². The maximum Gasteiger partial charge on any atom is 0.161 e. The largest absolute Gasteiger partial charge is 0.397 e. The minimum Gasteiger partial charge on any atom is -0.397 e. The number of nitrogens with one attached hydrogen (secondary N) is 1.